The minimum absolute atomic E-state index is 0.124. The first-order valence-electron chi connectivity index (χ1n) is 9.85. The Morgan fingerprint density at radius 2 is 1.94 bits per heavy atom. The number of methoxy groups -OCH3 is 1. The molecule has 9 heteroatoms. The number of sulfonamides is 1. The SMILES string of the molecule is COCN(c1onc(C)c1C)S(=O)(=O)c1ccccc1-c1cc(CCl)c2cnccc2c1. The predicted molar refractivity (Wildman–Crippen MR) is 124 cm³/mol. The number of aryl methyl sites for hydroxylation is 1. The van der Waals surface area contributed by atoms with Crippen molar-refractivity contribution in [3.63, 3.8) is 0 Å². The molecular weight excluding hydrogens is 450 g/mol. The number of anilines is 1. The van der Waals surface area contributed by atoms with Crippen molar-refractivity contribution in [3.8, 4) is 11.1 Å². The van der Waals surface area contributed by atoms with Crippen LogP contribution in [0.2, 0.25) is 0 Å². The molecule has 32 heavy (non-hydrogen) atoms. The maximum absolute atomic E-state index is 13.8. The minimum Gasteiger partial charge on any atom is -0.363 e. The van der Waals surface area contributed by atoms with Crippen LogP contribution in [0.25, 0.3) is 21.9 Å². The van der Waals surface area contributed by atoms with Crippen molar-refractivity contribution in [1.82, 2.24) is 10.1 Å². The van der Waals surface area contributed by atoms with Crippen LogP contribution in [-0.4, -0.2) is 32.4 Å². The summed E-state index contributed by atoms with van der Waals surface area (Å²) in [4.78, 5) is 4.30. The van der Waals surface area contributed by atoms with Crippen molar-refractivity contribution < 1.29 is 17.7 Å². The maximum Gasteiger partial charge on any atom is 0.269 e. The first kappa shape index (κ1) is 22.3. The fraction of sp³-hybridized carbons (Fsp3) is 0.217. The average molecular weight is 472 g/mol. The third-order valence-corrected chi connectivity index (χ3v) is 7.41. The monoisotopic (exact) mass is 471 g/mol. The Kier molecular flexibility index (Phi) is 6.19. The molecule has 0 aliphatic carbocycles. The summed E-state index contributed by atoms with van der Waals surface area (Å²) in [6.07, 6.45) is 3.46. The molecule has 0 aliphatic rings. The van der Waals surface area contributed by atoms with Gasteiger partial charge in [0.05, 0.1) is 10.6 Å². The molecule has 0 atom stereocenters. The first-order chi connectivity index (χ1) is 15.4. The van der Waals surface area contributed by atoms with E-state index >= 15 is 0 Å². The van der Waals surface area contributed by atoms with Gasteiger partial charge in [-0.05, 0) is 54.6 Å². The van der Waals surface area contributed by atoms with Gasteiger partial charge < -0.3 is 9.26 Å². The Bertz CT molecular complexity index is 1390. The third kappa shape index (κ3) is 3.85. The van der Waals surface area contributed by atoms with Crippen LogP contribution in [0.3, 0.4) is 0 Å². The quantitative estimate of drug-likeness (QED) is 0.277. The van der Waals surface area contributed by atoms with Crippen molar-refractivity contribution in [1.29, 1.82) is 0 Å². The molecule has 0 spiro atoms. The standard InChI is InChI=1S/C23H22ClN3O4S/c1-15-16(2)26-31-23(15)27(14-30-3)32(28,29)22-7-5-4-6-20(22)18-10-17-8-9-25-13-21(17)19(11-18)12-24/h4-11,13H,12,14H2,1-3H3. The second kappa shape index (κ2) is 8.90. The molecule has 0 fully saturated rings. The van der Waals surface area contributed by atoms with E-state index in [1.807, 2.05) is 18.2 Å². The molecule has 4 rings (SSSR count). The van der Waals surface area contributed by atoms with Crippen LogP contribution in [0.4, 0.5) is 5.88 Å². The topological polar surface area (TPSA) is 85.5 Å². The highest BCUT2D eigenvalue weighted by Crippen LogP contribution is 2.36. The summed E-state index contributed by atoms with van der Waals surface area (Å²) >= 11 is 6.20. The number of ether oxygens (including phenoxy) is 1. The second-order valence-corrected chi connectivity index (χ2v) is 9.43. The van der Waals surface area contributed by atoms with Gasteiger partial charge in [0.25, 0.3) is 10.0 Å². The lowest BCUT2D eigenvalue weighted by molar-refractivity contribution is 0.205. The largest absolute Gasteiger partial charge is 0.363 e. The van der Waals surface area contributed by atoms with E-state index in [1.54, 1.807) is 50.5 Å². The Morgan fingerprint density at radius 3 is 2.62 bits per heavy atom. The fourth-order valence-corrected chi connectivity index (χ4v) is 5.38. The number of nitrogens with zero attached hydrogens (tertiary/aromatic N) is 3. The summed E-state index contributed by atoms with van der Waals surface area (Å²) < 4.78 is 39.3. The molecule has 0 radical (unpaired) electrons. The highest BCUT2D eigenvalue weighted by atomic mass is 35.5. The first-order valence-corrected chi connectivity index (χ1v) is 11.8. The van der Waals surface area contributed by atoms with Crippen LogP contribution in [0.15, 0.2) is 64.3 Å². The predicted octanol–water partition coefficient (Wildman–Crippen LogP) is 5.04. The Morgan fingerprint density at radius 1 is 1.16 bits per heavy atom. The molecule has 2 heterocycles. The van der Waals surface area contributed by atoms with E-state index in [1.165, 1.54) is 7.11 Å². The molecular formula is C23H22ClN3O4S. The van der Waals surface area contributed by atoms with E-state index < -0.39 is 10.0 Å². The third-order valence-electron chi connectivity index (χ3n) is 5.36. The number of benzene rings is 2. The van der Waals surface area contributed by atoms with Gasteiger partial charge in [0.1, 0.15) is 6.73 Å². The summed E-state index contributed by atoms with van der Waals surface area (Å²) in [6, 6.07) is 12.6. The van der Waals surface area contributed by atoms with Gasteiger partial charge in [-0.25, -0.2) is 12.7 Å². The number of fused-ring (bicyclic) bond motifs is 1. The molecule has 0 saturated heterocycles. The number of hydrogen-bond acceptors (Lipinski definition) is 6. The lowest BCUT2D eigenvalue weighted by Crippen LogP contribution is -2.33. The summed E-state index contributed by atoms with van der Waals surface area (Å²) in [5, 5.41) is 5.76. The molecule has 2 aromatic heterocycles. The van der Waals surface area contributed by atoms with E-state index in [9.17, 15) is 8.42 Å². The molecule has 0 saturated carbocycles. The summed E-state index contributed by atoms with van der Waals surface area (Å²) in [5.74, 6) is 0.405. The van der Waals surface area contributed by atoms with E-state index in [0.717, 1.165) is 26.2 Å². The van der Waals surface area contributed by atoms with Crippen molar-refractivity contribution in [3.05, 3.63) is 71.7 Å². The molecule has 0 amide bonds. The molecule has 0 N–H and O–H groups in total. The number of aromatic nitrogens is 2. The van der Waals surface area contributed by atoms with Gasteiger partial charge >= 0.3 is 0 Å². The van der Waals surface area contributed by atoms with E-state index in [2.05, 4.69) is 10.1 Å². The van der Waals surface area contributed by atoms with Crippen LogP contribution in [0, 0.1) is 13.8 Å². The van der Waals surface area contributed by atoms with Crippen LogP contribution in [-0.2, 0) is 20.6 Å². The molecule has 166 valence electrons. The Balaban J connectivity index is 1.91. The Labute approximate surface area is 191 Å². The van der Waals surface area contributed by atoms with E-state index in [4.69, 9.17) is 20.9 Å². The molecule has 2 aromatic carbocycles. The van der Waals surface area contributed by atoms with Crippen molar-refractivity contribution in [2.24, 2.45) is 0 Å². The van der Waals surface area contributed by atoms with E-state index in [0.29, 0.717) is 16.8 Å². The Hall–Kier alpha value is -2.94. The zero-order chi connectivity index (χ0) is 22.9. The van der Waals surface area contributed by atoms with Gasteiger partial charge in [-0.3, -0.25) is 4.98 Å². The van der Waals surface area contributed by atoms with Crippen molar-refractivity contribution in [2.45, 2.75) is 24.6 Å². The molecule has 4 aromatic rings. The summed E-state index contributed by atoms with van der Waals surface area (Å²) in [5.41, 5.74) is 3.40. The van der Waals surface area contributed by atoms with E-state index in [-0.39, 0.29) is 23.4 Å². The fourth-order valence-electron chi connectivity index (χ4n) is 3.58. The average Bonchev–Trinajstić information content (AvgIpc) is 3.14. The zero-order valence-corrected chi connectivity index (χ0v) is 19.4. The number of rotatable bonds is 7. The van der Waals surface area contributed by atoms with Gasteiger partial charge in [0.15, 0.2) is 0 Å². The van der Waals surface area contributed by atoms with Gasteiger partial charge in [-0.2, -0.15) is 0 Å². The molecule has 7 nitrogen and oxygen atoms in total. The van der Waals surface area contributed by atoms with Gasteiger partial charge in [0, 0.05) is 41.9 Å². The summed E-state index contributed by atoms with van der Waals surface area (Å²) in [6.45, 7) is 3.29. The lowest BCUT2D eigenvalue weighted by atomic mass is 9.98. The molecule has 0 unspecified atom stereocenters. The van der Waals surface area contributed by atoms with Gasteiger partial charge in [-0.15, -0.1) is 11.6 Å². The highest BCUT2D eigenvalue weighted by molar-refractivity contribution is 7.93. The van der Waals surface area contributed by atoms with Crippen LogP contribution in [0.1, 0.15) is 16.8 Å². The normalized spacial score (nSPS) is 11.8. The zero-order valence-electron chi connectivity index (χ0n) is 17.9. The lowest BCUT2D eigenvalue weighted by Gasteiger charge is -2.23. The highest BCUT2D eigenvalue weighted by Gasteiger charge is 2.32. The van der Waals surface area contributed by atoms with Crippen LogP contribution < -0.4 is 4.31 Å². The molecule has 0 bridgehead atoms. The number of hydrogen-bond donors (Lipinski definition) is 0. The smallest absolute Gasteiger partial charge is 0.269 e. The van der Waals surface area contributed by atoms with Crippen molar-refractivity contribution >= 4 is 38.3 Å². The summed E-state index contributed by atoms with van der Waals surface area (Å²) in [7, 11) is -2.62. The van der Waals surface area contributed by atoms with Crippen LogP contribution >= 0.6 is 11.6 Å². The van der Waals surface area contributed by atoms with Gasteiger partial charge in [0.2, 0.25) is 5.88 Å². The number of halogens is 1. The number of alkyl halides is 1. The van der Waals surface area contributed by atoms with Crippen molar-refractivity contribution in [2.75, 3.05) is 18.1 Å². The van der Waals surface area contributed by atoms with Crippen LogP contribution in [0.5, 0.6) is 0 Å². The molecule has 0 aliphatic heterocycles. The van der Waals surface area contributed by atoms with Gasteiger partial charge in [-0.1, -0.05) is 23.4 Å². The second-order valence-electron chi connectivity index (χ2n) is 7.33. The minimum atomic E-state index is -4.05. The number of pyridine rings is 1. The maximum atomic E-state index is 13.8.